The maximum Gasteiger partial charge on any atom is 0.210 e. The van der Waals surface area contributed by atoms with E-state index in [1.165, 1.54) is 11.3 Å². The Hall–Kier alpha value is -1.72. The van der Waals surface area contributed by atoms with E-state index in [1.54, 1.807) is 12.3 Å². The van der Waals surface area contributed by atoms with Crippen molar-refractivity contribution < 1.29 is 5.11 Å². The molecule has 0 aliphatic rings. The summed E-state index contributed by atoms with van der Waals surface area (Å²) in [5.41, 5.74) is 2.71. The number of rotatable bonds is 2. The molecule has 3 aromatic rings. The van der Waals surface area contributed by atoms with Crippen LogP contribution in [0.3, 0.4) is 0 Å². The predicted molar refractivity (Wildman–Crippen MR) is 87.4 cm³/mol. The first-order valence-electron chi connectivity index (χ1n) is 6.01. The van der Waals surface area contributed by atoms with Crippen molar-refractivity contribution in [2.24, 2.45) is 4.99 Å². The minimum atomic E-state index is 0.225. The zero-order valence-corrected chi connectivity index (χ0v) is 13.1. The summed E-state index contributed by atoms with van der Waals surface area (Å²) in [6.07, 6.45) is 1.65. The summed E-state index contributed by atoms with van der Waals surface area (Å²) in [4.78, 5) is 8.79. The van der Waals surface area contributed by atoms with Crippen molar-refractivity contribution >= 4 is 48.8 Å². The zero-order valence-electron chi connectivity index (χ0n) is 10.7. The topological polar surface area (TPSA) is 45.5 Å². The standard InChI is InChI=1S/C15H11BrN2OS/c1-9-2-5-13(19)10(6-9)8-17-15-18-12-4-3-11(16)7-14(12)20-15/h2-8,19H,1H3. The van der Waals surface area contributed by atoms with Crippen molar-refractivity contribution in [3.8, 4) is 5.75 Å². The van der Waals surface area contributed by atoms with Crippen molar-refractivity contribution in [1.29, 1.82) is 0 Å². The molecule has 0 radical (unpaired) electrons. The van der Waals surface area contributed by atoms with Crippen molar-refractivity contribution in [2.45, 2.75) is 6.92 Å². The van der Waals surface area contributed by atoms with E-state index in [4.69, 9.17) is 0 Å². The summed E-state index contributed by atoms with van der Waals surface area (Å²) in [5, 5.41) is 10.5. The third-order valence-electron chi connectivity index (χ3n) is 2.84. The van der Waals surface area contributed by atoms with E-state index in [0.717, 1.165) is 20.3 Å². The fourth-order valence-electron chi connectivity index (χ4n) is 1.84. The highest BCUT2D eigenvalue weighted by atomic mass is 79.9. The Kier molecular flexibility index (Phi) is 3.54. The Labute approximate surface area is 128 Å². The molecule has 0 fully saturated rings. The molecule has 100 valence electrons. The van der Waals surface area contributed by atoms with Gasteiger partial charge in [0.05, 0.1) is 10.2 Å². The molecule has 1 aromatic heterocycles. The Bertz CT molecular complexity index is 811. The van der Waals surface area contributed by atoms with Gasteiger partial charge in [-0.05, 0) is 37.3 Å². The van der Waals surface area contributed by atoms with E-state index in [2.05, 4.69) is 25.9 Å². The number of hydrogen-bond acceptors (Lipinski definition) is 4. The van der Waals surface area contributed by atoms with Crippen LogP contribution in [0, 0.1) is 6.92 Å². The van der Waals surface area contributed by atoms with Gasteiger partial charge in [-0.2, -0.15) is 0 Å². The van der Waals surface area contributed by atoms with Crippen molar-refractivity contribution in [2.75, 3.05) is 0 Å². The van der Waals surface area contributed by atoms with Gasteiger partial charge in [0.15, 0.2) is 0 Å². The molecule has 3 rings (SSSR count). The highest BCUT2D eigenvalue weighted by Crippen LogP contribution is 2.30. The number of fused-ring (bicyclic) bond motifs is 1. The SMILES string of the molecule is Cc1ccc(O)c(C=Nc2nc3ccc(Br)cc3s2)c1. The molecular formula is C15H11BrN2OS. The van der Waals surface area contributed by atoms with Gasteiger partial charge in [0.1, 0.15) is 5.75 Å². The van der Waals surface area contributed by atoms with Gasteiger partial charge in [-0.3, -0.25) is 0 Å². The van der Waals surface area contributed by atoms with Crippen molar-refractivity contribution in [3.05, 3.63) is 52.0 Å². The van der Waals surface area contributed by atoms with E-state index < -0.39 is 0 Å². The summed E-state index contributed by atoms with van der Waals surface area (Å²) >= 11 is 4.96. The molecule has 1 N–H and O–H groups in total. The first-order valence-corrected chi connectivity index (χ1v) is 7.62. The molecule has 3 nitrogen and oxygen atoms in total. The van der Waals surface area contributed by atoms with Crippen LogP contribution in [0.1, 0.15) is 11.1 Å². The number of phenolic OH excluding ortho intramolecular Hbond substituents is 1. The van der Waals surface area contributed by atoms with E-state index in [0.29, 0.717) is 10.7 Å². The highest BCUT2D eigenvalue weighted by molar-refractivity contribution is 9.10. The lowest BCUT2D eigenvalue weighted by atomic mass is 10.1. The first-order chi connectivity index (χ1) is 9.61. The number of aromatic hydroxyl groups is 1. The van der Waals surface area contributed by atoms with Gasteiger partial charge in [0.2, 0.25) is 5.13 Å². The lowest BCUT2D eigenvalue weighted by molar-refractivity contribution is 0.474. The minimum absolute atomic E-state index is 0.225. The third kappa shape index (κ3) is 2.73. The average molecular weight is 347 g/mol. The van der Waals surface area contributed by atoms with Crippen LogP contribution in [0.5, 0.6) is 5.75 Å². The van der Waals surface area contributed by atoms with Gasteiger partial charge in [0, 0.05) is 16.3 Å². The second-order valence-electron chi connectivity index (χ2n) is 4.43. The van der Waals surface area contributed by atoms with Crippen LogP contribution in [-0.2, 0) is 0 Å². The molecule has 0 spiro atoms. The number of nitrogens with zero attached hydrogens (tertiary/aromatic N) is 2. The maximum absolute atomic E-state index is 9.77. The maximum atomic E-state index is 9.77. The fraction of sp³-hybridized carbons (Fsp3) is 0.0667. The molecule has 20 heavy (non-hydrogen) atoms. The van der Waals surface area contributed by atoms with E-state index in [-0.39, 0.29) is 5.75 Å². The molecule has 0 aliphatic heterocycles. The Balaban J connectivity index is 1.96. The van der Waals surface area contributed by atoms with Gasteiger partial charge in [-0.25, -0.2) is 9.98 Å². The van der Waals surface area contributed by atoms with Gasteiger partial charge < -0.3 is 5.11 Å². The van der Waals surface area contributed by atoms with Crippen LogP contribution in [0.15, 0.2) is 45.9 Å². The summed E-state index contributed by atoms with van der Waals surface area (Å²) in [6.45, 7) is 1.98. The highest BCUT2D eigenvalue weighted by Gasteiger charge is 2.03. The van der Waals surface area contributed by atoms with Crippen LogP contribution in [0.4, 0.5) is 5.13 Å². The second-order valence-corrected chi connectivity index (χ2v) is 6.35. The van der Waals surface area contributed by atoms with Crippen LogP contribution < -0.4 is 0 Å². The molecule has 0 bridgehead atoms. The molecule has 0 unspecified atom stereocenters. The monoisotopic (exact) mass is 346 g/mol. The van der Waals surface area contributed by atoms with Gasteiger partial charge in [-0.1, -0.05) is 38.9 Å². The van der Waals surface area contributed by atoms with E-state index >= 15 is 0 Å². The number of hydrogen-bond donors (Lipinski definition) is 1. The normalized spacial score (nSPS) is 11.5. The molecule has 0 atom stereocenters. The quantitative estimate of drug-likeness (QED) is 0.676. The van der Waals surface area contributed by atoms with Gasteiger partial charge in [0.25, 0.3) is 0 Å². The fourth-order valence-corrected chi connectivity index (χ4v) is 3.21. The number of thiazole rings is 1. The molecule has 0 saturated carbocycles. The van der Waals surface area contributed by atoms with Crippen LogP contribution in [0.2, 0.25) is 0 Å². The summed E-state index contributed by atoms with van der Waals surface area (Å²) in [6, 6.07) is 11.4. The molecular weight excluding hydrogens is 336 g/mol. The molecule has 0 amide bonds. The zero-order chi connectivity index (χ0) is 14.1. The molecule has 0 aliphatic carbocycles. The average Bonchev–Trinajstić information content (AvgIpc) is 2.81. The van der Waals surface area contributed by atoms with Crippen LogP contribution >= 0.6 is 27.3 Å². The Morgan fingerprint density at radius 1 is 1.25 bits per heavy atom. The van der Waals surface area contributed by atoms with Crippen molar-refractivity contribution in [3.63, 3.8) is 0 Å². The smallest absolute Gasteiger partial charge is 0.210 e. The lowest BCUT2D eigenvalue weighted by Crippen LogP contribution is -1.83. The van der Waals surface area contributed by atoms with Crippen LogP contribution in [-0.4, -0.2) is 16.3 Å². The van der Waals surface area contributed by atoms with Gasteiger partial charge >= 0.3 is 0 Å². The number of halogens is 1. The van der Waals surface area contributed by atoms with Gasteiger partial charge in [-0.15, -0.1) is 0 Å². The van der Waals surface area contributed by atoms with Crippen molar-refractivity contribution in [1.82, 2.24) is 4.98 Å². The first kappa shape index (κ1) is 13.3. The Morgan fingerprint density at radius 3 is 2.95 bits per heavy atom. The Morgan fingerprint density at radius 2 is 2.10 bits per heavy atom. The van der Waals surface area contributed by atoms with E-state index in [9.17, 15) is 5.11 Å². The molecule has 0 saturated heterocycles. The number of benzene rings is 2. The summed E-state index contributed by atoms with van der Waals surface area (Å²) < 4.78 is 2.11. The number of aryl methyl sites for hydroxylation is 1. The lowest BCUT2D eigenvalue weighted by Gasteiger charge is -1.98. The number of aliphatic imine (C=N–C) groups is 1. The number of aromatic nitrogens is 1. The minimum Gasteiger partial charge on any atom is -0.507 e. The molecule has 5 heteroatoms. The largest absolute Gasteiger partial charge is 0.507 e. The summed E-state index contributed by atoms with van der Waals surface area (Å²) in [7, 11) is 0. The van der Waals surface area contributed by atoms with E-state index in [1.807, 2.05) is 37.3 Å². The van der Waals surface area contributed by atoms with Crippen LogP contribution in [0.25, 0.3) is 10.2 Å². The third-order valence-corrected chi connectivity index (χ3v) is 4.26. The summed E-state index contributed by atoms with van der Waals surface area (Å²) in [5.74, 6) is 0.225. The second kappa shape index (κ2) is 5.34. The molecule has 2 aromatic carbocycles. The predicted octanol–water partition coefficient (Wildman–Crippen LogP) is 4.82. The molecule has 1 heterocycles. The number of phenols is 1.